The van der Waals surface area contributed by atoms with Gasteiger partial charge in [0.1, 0.15) is 13.2 Å². The van der Waals surface area contributed by atoms with Crippen LogP contribution in [0.2, 0.25) is 0 Å². The molecule has 3 aliphatic carbocycles. The Labute approximate surface area is 140 Å². The molecule has 1 aliphatic heterocycles. The van der Waals surface area contributed by atoms with Gasteiger partial charge < -0.3 is 24.7 Å². The summed E-state index contributed by atoms with van der Waals surface area (Å²) >= 11 is 0. The van der Waals surface area contributed by atoms with E-state index in [4.69, 9.17) is 9.47 Å². The summed E-state index contributed by atoms with van der Waals surface area (Å²) in [6, 6.07) is 5.23. The van der Waals surface area contributed by atoms with E-state index in [-0.39, 0.29) is 17.7 Å². The summed E-state index contributed by atoms with van der Waals surface area (Å²) in [4.78, 5) is 24.3. The standard InChI is InChI=1S/C18H21NO5/c20-17(15-10-1-3-11(4-2-10)16(15)18(21)22)19-12-5-6-13-14(9-12)24-8-7-23-13/h5-6,9-11,15-16H,1-4,7-8H2,(H,19,20)(H,21,22)/p-1/t10?,11?,15-,16-/m1/s1. The van der Waals surface area contributed by atoms with Gasteiger partial charge in [0.15, 0.2) is 11.5 Å². The molecular formula is C18H20NO5-. The van der Waals surface area contributed by atoms with Crippen molar-refractivity contribution in [2.24, 2.45) is 23.7 Å². The number of carbonyl (C=O) groups excluding carboxylic acids is 2. The van der Waals surface area contributed by atoms with E-state index in [0.29, 0.717) is 30.4 Å². The fraction of sp³-hybridized carbons (Fsp3) is 0.556. The van der Waals surface area contributed by atoms with Crippen LogP contribution < -0.4 is 19.9 Å². The predicted molar refractivity (Wildman–Crippen MR) is 83.5 cm³/mol. The van der Waals surface area contributed by atoms with Crippen LogP contribution in [-0.2, 0) is 9.59 Å². The van der Waals surface area contributed by atoms with Gasteiger partial charge in [0.25, 0.3) is 0 Å². The van der Waals surface area contributed by atoms with Crippen molar-refractivity contribution >= 4 is 17.6 Å². The number of benzene rings is 1. The van der Waals surface area contributed by atoms with Crippen LogP contribution >= 0.6 is 0 Å². The van der Waals surface area contributed by atoms with Crippen molar-refractivity contribution < 1.29 is 24.2 Å². The molecule has 0 unspecified atom stereocenters. The molecule has 1 N–H and O–H groups in total. The number of ether oxygens (including phenoxy) is 2. The van der Waals surface area contributed by atoms with Gasteiger partial charge in [-0.15, -0.1) is 0 Å². The van der Waals surface area contributed by atoms with Gasteiger partial charge in [-0.05, 0) is 49.7 Å². The zero-order valence-electron chi connectivity index (χ0n) is 13.3. The van der Waals surface area contributed by atoms with Crippen LogP contribution in [0.15, 0.2) is 18.2 Å². The zero-order chi connectivity index (χ0) is 16.7. The molecule has 0 saturated heterocycles. The highest BCUT2D eigenvalue weighted by atomic mass is 16.6. The molecule has 3 saturated carbocycles. The highest BCUT2D eigenvalue weighted by molar-refractivity contribution is 5.95. The van der Waals surface area contributed by atoms with Crippen LogP contribution in [-0.4, -0.2) is 25.1 Å². The van der Waals surface area contributed by atoms with Crippen molar-refractivity contribution in [2.45, 2.75) is 25.7 Å². The molecular weight excluding hydrogens is 310 g/mol. The molecule has 1 aromatic rings. The molecule has 128 valence electrons. The molecule has 2 atom stereocenters. The number of nitrogens with one attached hydrogen (secondary N) is 1. The van der Waals surface area contributed by atoms with Crippen molar-refractivity contribution in [3.05, 3.63) is 18.2 Å². The van der Waals surface area contributed by atoms with E-state index < -0.39 is 17.8 Å². The Morgan fingerprint density at radius 3 is 2.25 bits per heavy atom. The smallest absolute Gasteiger partial charge is 0.228 e. The summed E-state index contributed by atoms with van der Waals surface area (Å²) in [6.45, 7) is 0.987. The lowest BCUT2D eigenvalue weighted by atomic mass is 9.58. The summed E-state index contributed by atoms with van der Waals surface area (Å²) in [7, 11) is 0. The van der Waals surface area contributed by atoms with Gasteiger partial charge in [-0.1, -0.05) is 0 Å². The van der Waals surface area contributed by atoms with Crippen LogP contribution in [0, 0.1) is 23.7 Å². The number of carboxylic acid groups (broad SMARTS) is 1. The highest BCUT2D eigenvalue weighted by Crippen LogP contribution is 2.49. The molecule has 3 fully saturated rings. The number of amides is 1. The number of fused-ring (bicyclic) bond motifs is 4. The van der Waals surface area contributed by atoms with Crippen LogP contribution in [0.25, 0.3) is 0 Å². The highest BCUT2D eigenvalue weighted by Gasteiger charge is 2.47. The Hall–Kier alpha value is -2.24. The molecule has 2 bridgehead atoms. The third-order valence-corrected chi connectivity index (χ3v) is 5.60. The molecule has 24 heavy (non-hydrogen) atoms. The average Bonchev–Trinajstić information content (AvgIpc) is 2.61. The topological polar surface area (TPSA) is 87.7 Å². The summed E-state index contributed by atoms with van der Waals surface area (Å²) in [5.74, 6) is -1.04. The second-order valence-corrected chi connectivity index (χ2v) is 6.89. The third kappa shape index (κ3) is 2.60. The Bertz CT molecular complexity index is 665. The maximum absolute atomic E-state index is 12.8. The van der Waals surface area contributed by atoms with Gasteiger partial charge in [-0.2, -0.15) is 0 Å². The minimum absolute atomic E-state index is 0.0658. The molecule has 1 aromatic carbocycles. The molecule has 4 aliphatic rings. The minimum Gasteiger partial charge on any atom is -0.550 e. The summed E-state index contributed by atoms with van der Waals surface area (Å²) in [6.07, 6.45) is 3.62. The number of aliphatic carboxylic acids is 1. The van der Waals surface area contributed by atoms with Crippen molar-refractivity contribution in [3.8, 4) is 11.5 Å². The fourth-order valence-corrected chi connectivity index (χ4v) is 4.51. The first-order chi connectivity index (χ1) is 11.6. The van der Waals surface area contributed by atoms with E-state index in [1.165, 1.54) is 0 Å². The predicted octanol–water partition coefficient (Wildman–Crippen LogP) is 1.20. The molecule has 1 heterocycles. The number of hydrogen-bond donors (Lipinski definition) is 1. The Balaban J connectivity index is 1.54. The molecule has 1 amide bonds. The Morgan fingerprint density at radius 2 is 1.58 bits per heavy atom. The van der Waals surface area contributed by atoms with E-state index in [1.54, 1.807) is 18.2 Å². The molecule has 0 radical (unpaired) electrons. The quantitative estimate of drug-likeness (QED) is 0.900. The summed E-state index contributed by atoms with van der Waals surface area (Å²) in [5.41, 5.74) is 0.600. The second-order valence-electron chi connectivity index (χ2n) is 6.89. The monoisotopic (exact) mass is 330 g/mol. The van der Waals surface area contributed by atoms with Crippen molar-refractivity contribution in [3.63, 3.8) is 0 Å². The van der Waals surface area contributed by atoms with Crippen molar-refractivity contribution in [1.29, 1.82) is 0 Å². The van der Waals surface area contributed by atoms with E-state index >= 15 is 0 Å². The lowest BCUT2D eigenvalue weighted by Crippen LogP contribution is -2.52. The van der Waals surface area contributed by atoms with Gasteiger partial charge in [0, 0.05) is 29.6 Å². The van der Waals surface area contributed by atoms with E-state index in [9.17, 15) is 14.7 Å². The Morgan fingerprint density at radius 1 is 0.958 bits per heavy atom. The largest absolute Gasteiger partial charge is 0.550 e. The van der Waals surface area contributed by atoms with Crippen LogP contribution in [0.3, 0.4) is 0 Å². The van der Waals surface area contributed by atoms with Gasteiger partial charge >= 0.3 is 0 Å². The fourth-order valence-electron chi connectivity index (χ4n) is 4.51. The molecule has 6 nitrogen and oxygen atoms in total. The number of hydrogen-bond acceptors (Lipinski definition) is 5. The summed E-state index contributed by atoms with van der Waals surface area (Å²) in [5, 5.41) is 14.4. The first-order valence-electron chi connectivity index (χ1n) is 8.55. The molecule has 5 rings (SSSR count). The van der Waals surface area contributed by atoms with Crippen LogP contribution in [0.4, 0.5) is 5.69 Å². The Kier molecular flexibility index (Phi) is 3.82. The second kappa shape index (κ2) is 6.00. The number of carbonyl (C=O) groups is 2. The normalized spacial score (nSPS) is 30.7. The van der Waals surface area contributed by atoms with E-state index in [1.807, 2.05) is 0 Å². The lowest BCUT2D eigenvalue weighted by molar-refractivity contribution is -0.318. The van der Waals surface area contributed by atoms with E-state index in [0.717, 1.165) is 25.7 Å². The SMILES string of the molecule is O=C([O-])[C@@H]1C2CCC(CC2)[C@H]1C(=O)Nc1ccc2c(c1)OCCO2. The minimum atomic E-state index is -1.09. The number of carboxylic acids is 1. The average molecular weight is 330 g/mol. The van der Waals surface area contributed by atoms with Gasteiger partial charge in [-0.3, -0.25) is 4.79 Å². The van der Waals surface area contributed by atoms with Crippen molar-refractivity contribution in [1.82, 2.24) is 0 Å². The lowest BCUT2D eigenvalue weighted by Gasteiger charge is -2.48. The molecule has 0 aromatic heterocycles. The third-order valence-electron chi connectivity index (χ3n) is 5.60. The van der Waals surface area contributed by atoms with Crippen LogP contribution in [0.5, 0.6) is 11.5 Å². The first-order valence-corrected chi connectivity index (χ1v) is 8.55. The summed E-state index contributed by atoms with van der Waals surface area (Å²) < 4.78 is 11.0. The number of rotatable bonds is 3. The maximum atomic E-state index is 12.8. The van der Waals surface area contributed by atoms with E-state index in [2.05, 4.69) is 5.32 Å². The van der Waals surface area contributed by atoms with Gasteiger partial charge in [-0.25, -0.2) is 0 Å². The maximum Gasteiger partial charge on any atom is 0.228 e. The van der Waals surface area contributed by atoms with Crippen LogP contribution in [0.1, 0.15) is 25.7 Å². The van der Waals surface area contributed by atoms with Gasteiger partial charge in [0.2, 0.25) is 5.91 Å². The van der Waals surface area contributed by atoms with Crippen molar-refractivity contribution in [2.75, 3.05) is 18.5 Å². The van der Waals surface area contributed by atoms with Gasteiger partial charge in [0.05, 0.1) is 0 Å². The number of anilines is 1. The first kappa shape index (κ1) is 15.3. The molecule has 6 heteroatoms. The zero-order valence-corrected chi connectivity index (χ0v) is 13.3. The molecule has 0 spiro atoms.